The number of benzene rings is 2. The first-order valence-electron chi connectivity index (χ1n) is 11.8. The van der Waals surface area contributed by atoms with Crippen LogP contribution in [0.1, 0.15) is 35.3 Å². The zero-order valence-corrected chi connectivity index (χ0v) is 22.4. The van der Waals surface area contributed by atoms with Crippen LogP contribution in [0.5, 0.6) is 5.75 Å². The van der Waals surface area contributed by atoms with Crippen molar-refractivity contribution in [2.75, 3.05) is 18.2 Å². The number of halogens is 1. The Morgan fingerprint density at radius 1 is 1.24 bits per heavy atom. The van der Waals surface area contributed by atoms with Crippen LogP contribution < -0.4 is 15.6 Å². The number of nitrogens with one attached hydrogen (secondary N) is 1. The van der Waals surface area contributed by atoms with Gasteiger partial charge in [0, 0.05) is 16.0 Å². The predicted molar refractivity (Wildman–Crippen MR) is 149 cm³/mol. The quantitative estimate of drug-likeness (QED) is 0.180. The van der Waals surface area contributed by atoms with Crippen molar-refractivity contribution >= 4 is 56.5 Å². The van der Waals surface area contributed by atoms with Gasteiger partial charge in [-0.1, -0.05) is 35.9 Å². The van der Waals surface area contributed by atoms with Crippen LogP contribution in [0.15, 0.2) is 52.4 Å². The van der Waals surface area contributed by atoms with Gasteiger partial charge in [-0.25, -0.2) is 4.98 Å². The number of nitriles is 1. The summed E-state index contributed by atoms with van der Waals surface area (Å²) in [7, 11) is 1.58. The number of amides is 1. The molecule has 10 heteroatoms. The van der Waals surface area contributed by atoms with Gasteiger partial charge in [0.1, 0.15) is 16.6 Å². The first-order valence-corrected chi connectivity index (χ1v) is 14.0. The van der Waals surface area contributed by atoms with E-state index in [0.717, 1.165) is 37.7 Å². The highest BCUT2D eigenvalue weighted by molar-refractivity contribution is 7.99. The number of thioether (sulfide) groups is 1. The first-order chi connectivity index (χ1) is 18.0. The van der Waals surface area contributed by atoms with Crippen molar-refractivity contribution in [3.63, 3.8) is 0 Å². The summed E-state index contributed by atoms with van der Waals surface area (Å²) < 4.78 is 6.96. The van der Waals surface area contributed by atoms with E-state index in [2.05, 4.69) is 11.4 Å². The number of hydrogen-bond acceptors (Lipinski definition) is 7. The summed E-state index contributed by atoms with van der Waals surface area (Å²) in [6.45, 7) is 0. The van der Waals surface area contributed by atoms with Crippen molar-refractivity contribution in [1.29, 1.82) is 5.26 Å². The van der Waals surface area contributed by atoms with Gasteiger partial charge in [0.15, 0.2) is 5.16 Å². The molecule has 0 unspecified atom stereocenters. The fourth-order valence-corrected chi connectivity index (χ4v) is 6.76. The fourth-order valence-electron chi connectivity index (χ4n) is 4.47. The van der Waals surface area contributed by atoms with Crippen LogP contribution in [0.3, 0.4) is 0 Å². The van der Waals surface area contributed by atoms with Gasteiger partial charge in [0.05, 0.1) is 35.2 Å². The Hall–Kier alpha value is -3.32. The summed E-state index contributed by atoms with van der Waals surface area (Å²) in [6.07, 6.45) is 5.16. The van der Waals surface area contributed by atoms with Gasteiger partial charge < -0.3 is 10.1 Å². The highest BCUT2D eigenvalue weighted by Crippen LogP contribution is 2.35. The number of carbonyl (C=O) groups is 1. The summed E-state index contributed by atoms with van der Waals surface area (Å²) in [6, 6.07) is 14.0. The molecule has 0 bridgehead atoms. The molecule has 7 nitrogen and oxygen atoms in total. The molecule has 0 spiro atoms. The third-order valence-corrected chi connectivity index (χ3v) is 8.59. The molecule has 0 atom stereocenters. The van der Waals surface area contributed by atoms with Crippen LogP contribution in [0.2, 0.25) is 5.02 Å². The van der Waals surface area contributed by atoms with Crippen molar-refractivity contribution in [2.24, 2.45) is 0 Å². The lowest BCUT2D eigenvalue weighted by Crippen LogP contribution is -2.23. The molecule has 1 aliphatic rings. The maximum Gasteiger partial charge on any atom is 0.267 e. The van der Waals surface area contributed by atoms with E-state index in [0.29, 0.717) is 43.1 Å². The second kappa shape index (κ2) is 11.0. The third-order valence-electron chi connectivity index (χ3n) is 6.23. The molecular formula is C27H23ClN4O3S2. The topological polar surface area (TPSA) is 97.0 Å². The van der Waals surface area contributed by atoms with E-state index in [4.69, 9.17) is 21.3 Å². The Morgan fingerprint density at radius 2 is 2.08 bits per heavy atom. The van der Waals surface area contributed by atoms with Crippen LogP contribution in [-0.2, 0) is 17.6 Å². The Kier molecular flexibility index (Phi) is 7.51. The van der Waals surface area contributed by atoms with Crippen LogP contribution in [-0.4, -0.2) is 28.3 Å². The molecule has 0 aliphatic heterocycles. The first kappa shape index (κ1) is 25.3. The number of thiophene rings is 1. The Balaban J connectivity index is 1.54. The zero-order valence-electron chi connectivity index (χ0n) is 20.0. The maximum atomic E-state index is 14.0. The van der Waals surface area contributed by atoms with Crippen molar-refractivity contribution < 1.29 is 9.53 Å². The van der Waals surface area contributed by atoms with Crippen LogP contribution in [0, 0.1) is 11.3 Å². The lowest BCUT2D eigenvalue weighted by atomic mass is 10.1. The molecule has 2 heterocycles. The zero-order chi connectivity index (χ0) is 25.9. The van der Waals surface area contributed by atoms with Gasteiger partial charge in [-0.2, -0.15) is 5.26 Å². The highest BCUT2D eigenvalue weighted by atomic mass is 35.5. The van der Waals surface area contributed by atoms with Crippen molar-refractivity contribution in [3.8, 4) is 17.5 Å². The largest absolute Gasteiger partial charge is 0.497 e. The van der Waals surface area contributed by atoms with Crippen molar-refractivity contribution in [2.45, 2.75) is 37.3 Å². The molecule has 1 N–H and O–H groups in total. The summed E-state index contributed by atoms with van der Waals surface area (Å²) in [5.74, 6) is 0.272. The number of aryl methyl sites for hydroxylation is 2. The molecule has 0 saturated carbocycles. The number of nitrogens with zero attached hydrogens (tertiary/aromatic N) is 3. The number of anilines is 1. The van der Waals surface area contributed by atoms with E-state index in [9.17, 15) is 14.9 Å². The monoisotopic (exact) mass is 550 g/mol. The number of rotatable bonds is 6. The number of aromatic nitrogens is 2. The summed E-state index contributed by atoms with van der Waals surface area (Å²) in [4.78, 5) is 33.6. The molecule has 0 radical (unpaired) electrons. The van der Waals surface area contributed by atoms with E-state index in [1.54, 1.807) is 41.2 Å². The minimum Gasteiger partial charge on any atom is -0.497 e. The normalized spacial score (nSPS) is 13.0. The summed E-state index contributed by atoms with van der Waals surface area (Å²) in [5, 5.41) is 13.6. The standard InChI is InChI=1S/C27H23ClN4O3S2/c1-35-19-7-5-6-18(13-19)32-26(34)24-20-8-3-2-4-9-22(20)37-25(24)31-27(32)36-15-23(33)30-21-12-17(28)11-10-16(21)14-29/h5-7,10-13H,2-4,8-9,15H2,1H3,(H,30,33). The molecule has 1 aliphatic carbocycles. The van der Waals surface area contributed by atoms with Gasteiger partial charge >= 0.3 is 0 Å². The van der Waals surface area contributed by atoms with E-state index in [1.807, 2.05) is 18.2 Å². The lowest BCUT2D eigenvalue weighted by molar-refractivity contribution is -0.113. The fraction of sp³-hybridized carbons (Fsp3) is 0.259. The maximum absolute atomic E-state index is 14.0. The molecule has 0 fully saturated rings. The molecule has 37 heavy (non-hydrogen) atoms. The van der Waals surface area contributed by atoms with E-state index >= 15 is 0 Å². The second-order valence-corrected chi connectivity index (χ2v) is 11.1. The number of fused-ring (bicyclic) bond motifs is 3. The highest BCUT2D eigenvalue weighted by Gasteiger charge is 2.23. The number of methoxy groups -OCH3 is 1. The SMILES string of the molecule is COc1cccc(-n2c(SCC(=O)Nc3cc(Cl)ccc3C#N)nc3sc4c(c3c2=O)CCCCC4)c1. The van der Waals surface area contributed by atoms with Crippen molar-refractivity contribution in [3.05, 3.63) is 73.8 Å². The van der Waals surface area contributed by atoms with Crippen LogP contribution >= 0.6 is 34.7 Å². The van der Waals surface area contributed by atoms with Gasteiger partial charge in [-0.05, 0) is 61.6 Å². The molecule has 0 saturated heterocycles. The number of carbonyl (C=O) groups excluding carboxylic acids is 1. The molecule has 2 aromatic carbocycles. The van der Waals surface area contributed by atoms with Gasteiger partial charge in [0.2, 0.25) is 5.91 Å². The molecule has 188 valence electrons. The minimum atomic E-state index is -0.336. The summed E-state index contributed by atoms with van der Waals surface area (Å²) in [5.41, 5.74) is 2.26. The summed E-state index contributed by atoms with van der Waals surface area (Å²) >= 11 is 8.80. The second-order valence-electron chi connectivity index (χ2n) is 8.62. The van der Waals surface area contributed by atoms with E-state index < -0.39 is 0 Å². The minimum absolute atomic E-state index is 0.00954. The Morgan fingerprint density at radius 3 is 2.89 bits per heavy atom. The Bertz CT molecular complexity index is 1610. The van der Waals surface area contributed by atoms with Crippen LogP contribution in [0.4, 0.5) is 5.69 Å². The van der Waals surface area contributed by atoms with E-state index in [1.165, 1.54) is 22.7 Å². The predicted octanol–water partition coefficient (Wildman–Crippen LogP) is 5.98. The van der Waals surface area contributed by atoms with Gasteiger partial charge in [0.25, 0.3) is 5.56 Å². The van der Waals surface area contributed by atoms with E-state index in [-0.39, 0.29) is 17.2 Å². The van der Waals surface area contributed by atoms with Gasteiger partial charge in [-0.15, -0.1) is 11.3 Å². The molecule has 5 rings (SSSR count). The average molecular weight is 551 g/mol. The van der Waals surface area contributed by atoms with Crippen molar-refractivity contribution in [1.82, 2.24) is 9.55 Å². The molecule has 2 aromatic heterocycles. The van der Waals surface area contributed by atoms with Gasteiger partial charge in [-0.3, -0.25) is 14.2 Å². The molecular weight excluding hydrogens is 528 g/mol. The number of hydrogen-bond donors (Lipinski definition) is 1. The smallest absolute Gasteiger partial charge is 0.267 e. The average Bonchev–Trinajstić information content (AvgIpc) is 3.08. The van der Waals surface area contributed by atoms with Crippen LogP contribution in [0.25, 0.3) is 15.9 Å². The number of ether oxygens (including phenoxy) is 1. The Labute approximate surface area is 227 Å². The third kappa shape index (κ3) is 5.23. The molecule has 4 aromatic rings. The lowest BCUT2D eigenvalue weighted by Gasteiger charge is -2.14. The molecule has 1 amide bonds.